The molecular weight excluding hydrogens is 282 g/mol. The number of carboxylic acids is 1. The van der Waals surface area contributed by atoms with Gasteiger partial charge in [-0.15, -0.1) is 0 Å². The number of carbonyl (C=O) groups is 1. The molecule has 0 radical (unpaired) electrons. The van der Waals surface area contributed by atoms with E-state index in [1.165, 1.54) is 7.05 Å². The maximum Gasteiger partial charge on any atom is 0.318 e. The topological polar surface area (TPSA) is 83.9 Å². The van der Waals surface area contributed by atoms with Gasteiger partial charge >= 0.3 is 5.97 Å². The Bertz CT molecular complexity index is 611. The quantitative estimate of drug-likeness (QED) is 0.827. The lowest BCUT2D eigenvalue weighted by Gasteiger charge is -2.14. The molecule has 0 unspecified atom stereocenters. The van der Waals surface area contributed by atoms with Crippen molar-refractivity contribution in [3.63, 3.8) is 0 Å². The third-order valence-electron chi connectivity index (χ3n) is 3.24. The van der Waals surface area contributed by atoms with E-state index in [-0.39, 0.29) is 5.75 Å². The van der Waals surface area contributed by atoms with Crippen LogP contribution in [0.25, 0.3) is 0 Å². The lowest BCUT2D eigenvalue weighted by atomic mass is 10.1. The van der Waals surface area contributed by atoms with Crippen molar-refractivity contribution in [2.45, 2.75) is 12.8 Å². The zero-order valence-corrected chi connectivity index (χ0v) is 12.0. The van der Waals surface area contributed by atoms with Crippen molar-refractivity contribution in [3.05, 3.63) is 29.3 Å². The van der Waals surface area contributed by atoms with Gasteiger partial charge in [0.15, 0.2) is 0 Å². The number of hydrogen-bond acceptors (Lipinski definition) is 4. The van der Waals surface area contributed by atoms with Crippen LogP contribution in [-0.2, 0) is 27.7 Å². The lowest BCUT2D eigenvalue weighted by Crippen LogP contribution is -2.34. The molecule has 1 heterocycles. The van der Waals surface area contributed by atoms with Gasteiger partial charge in [-0.3, -0.25) is 4.79 Å². The first-order valence-electron chi connectivity index (χ1n) is 6.29. The molecule has 0 saturated carbocycles. The minimum Gasteiger partial charge on any atom is -0.493 e. The third-order valence-corrected chi connectivity index (χ3v) is 5.03. The molecular formula is C13H17NO5S. The number of carboxylic acid groups (broad SMARTS) is 1. The minimum atomic E-state index is -3.55. The monoisotopic (exact) mass is 299 g/mol. The Labute approximate surface area is 118 Å². The first-order chi connectivity index (χ1) is 9.38. The molecule has 6 nitrogen and oxygen atoms in total. The lowest BCUT2D eigenvalue weighted by molar-refractivity contribution is -0.137. The third kappa shape index (κ3) is 3.49. The molecule has 1 aromatic rings. The molecule has 0 atom stereocenters. The van der Waals surface area contributed by atoms with Crippen LogP contribution in [0.4, 0.5) is 0 Å². The first-order valence-corrected chi connectivity index (χ1v) is 7.90. The standard InChI is InChI=1S/C13H17NO5S/c1-14(9-13(15)16)20(17,18)7-5-10-2-3-12-11(8-10)4-6-19-12/h2-3,8H,4-7,9H2,1H3,(H,15,16). The molecule has 0 bridgehead atoms. The Balaban J connectivity index is 1.99. The van der Waals surface area contributed by atoms with Gasteiger partial charge in [0.25, 0.3) is 0 Å². The largest absolute Gasteiger partial charge is 0.493 e. The van der Waals surface area contributed by atoms with E-state index >= 15 is 0 Å². The van der Waals surface area contributed by atoms with Crippen molar-refractivity contribution in [1.82, 2.24) is 4.31 Å². The summed E-state index contributed by atoms with van der Waals surface area (Å²) in [4.78, 5) is 10.5. The predicted molar refractivity (Wildman–Crippen MR) is 73.4 cm³/mol. The second-order valence-electron chi connectivity index (χ2n) is 4.76. The molecule has 0 fully saturated rings. The van der Waals surface area contributed by atoms with Gasteiger partial charge in [-0.05, 0) is 23.6 Å². The van der Waals surface area contributed by atoms with E-state index in [9.17, 15) is 13.2 Å². The maximum atomic E-state index is 11.9. The summed E-state index contributed by atoms with van der Waals surface area (Å²) in [6.45, 7) is 0.152. The van der Waals surface area contributed by atoms with E-state index in [4.69, 9.17) is 9.84 Å². The van der Waals surface area contributed by atoms with Crippen molar-refractivity contribution in [3.8, 4) is 5.75 Å². The van der Waals surface area contributed by atoms with E-state index in [1.807, 2.05) is 18.2 Å². The number of nitrogens with zero attached hydrogens (tertiary/aromatic N) is 1. The zero-order valence-electron chi connectivity index (χ0n) is 11.2. The van der Waals surface area contributed by atoms with Gasteiger partial charge in [0, 0.05) is 13.5 Å². The molecule has 1 aliphatic rings. The Morgan fingerprint density at radius 1 is 1.45 bits per heavy atom. The summed E-state index contributed by atoms with van der Waals surface area (Å²) in [5.74, 6) is -0.401. The molecule has 110 valence electrons. The fourth-order valence-electron chi connectivity index (χ4n) is 2.09. The number of benzene rings is 1. The average Bonchev–Trinajstić information content (AvgIpc) is 2.82. The van der Waals surface area contributed by atoms with Crippen LogP contribution in [0.2, 0.25) is 0 Å². The molecule has 1 aliphatic heterocycles. The SMILES string of the molecule is CN(CC(=O)O)S(=O)(=O)CCc1ccc2c(c1)CCO2. The van der Waals surface area contributed by atoms with Crippen LogP contribution in [-0.4, -0.2) is 49.8 Å². The minimum absolute atomic E-state index is 0.101. The summed E-state index contributed by atoms with van der Waals surface area (Å²) >= 11 is 0. The van der Waals surface area contributed by atoms with Crippen LogP contribution in [0, 0.1) is 0 Å². The summed E-state index contributed by atoms with van der Waals surface area (Å²) in [5.41, 5.74) is 2.01. The molecule has 0 saturated heterocycles. The van der Waals surface area contributed by atoms with Crippen molar-refractivity contribution < 1.29 is 23.1 Å². The van der Waals surface area contributed by atoms with Gasteiger partial charge in [0.1, 0.15) is 12.3 Å². The molecule has 0 aromatic heterocycles. The molecule has 1 N–H and O–H groups in total. The molecule has 2 rings (SSSR count). The van der Waals surface area contributed by atoms with Gasteiger partial charge in [0.05, 0.1) is 12.4 Å². The number of ether oxygens (including phenoxy) is 1. The highest BCUT2D eigenvalue weighted by atomic mass is 32.2. The molecule has 1 aromatic carbocycles. The fourth-order valence-corrected chi connectivity index (χ4v) is 3.20. The molecule has 7 heteroatoms. The van der Waals surface area contributed by atoms with Crippen molar-refractivity contribution in [1.29, 1.82) is 0 Å². The van der Waals surface area contributed by atoms with E-state index in [2.05, 4.69) is 0 Å². The van der Waals surface area contributed by atoms with Gasteiger partial charge in [0.2, 0.25) is 10.0 Å². The van der Waals surface area contributed by atoms with E-state index in [1.54, 1.807) is 0 Å². The van der Waals surface area contributed by atoms with E-state index < -0.39 is 22.5 Å². The second-order valence-corrected chi connectivity index (χ2v) is 6.95. The van der Waals surface area contributed by atoms with Crippen LogP contribution in [0.15, 0.2) is 18.2 Å². The van der Waals surface area contributed by atoms with Gasteiger partial charge < -0.3 is 9.84 Å². The molecule has 0 spiro atoms. The van der Waals surface area contributed by atoms with Gasteiger partial charge in [-0.1, -0.05) is 12.1 Å². The molecule has 20 heavy (non-hydrogen) atoms. The normalized spacial score (nSPS) is 14.1. The Morgan fingerprint density at radius 3 is 2.90 bits per heavy atom. The number of likely N-dealkylation sites (N-methyl/N-ethyl adjacent to an activating group) is 1. The molecule has 0 aliphatic carbocycles. The summed E-state index contributed by atoms with van der Waals surface area (Å²) in [7, 11) is -2.27. The Hall–Kier alpha value is -1.60. The highest BCUT2D eigenvalue weighted by Crippen LogP contribution is 2.26. The van der Waals surface area contributed by atoms with E-state index in [0.717, 1.165) is 27.6 Å². The fraction of sp³-hybridized carbons (Fsp3) is 0.462. The van der Waals surface area contributed by atoms with Crippen molar-refractivity contribution in [2.24, 2.45) is 0 Å². The maximum absolute atomic E-state index is 11.9. The van der Waals surface area contributed by atoms with Gasteiger partial charge in [-0.25, -0.2) is 8.42 Å². The number of fused-ring (bicyclic) bond motifs is 1. The second kappa shape index (κ2) is 5.80. The number of hydrogen-bond donors (Lipinski definition) is 1. The zero-order chi connectivity index (χ0) is 14.8. The Morgan fingerprint density at radius 2 is 2.20 bits per heavy atom. The molecule has 0 amide bonds. The summed E-state index contributed by atoms with van der Waals surface area (Å²) in [5, 5.41) is 8.62. The van der Waals surface area contributed by atoms with Crippen LogP contribution in [0.1, 0.15) is 11.1 Å². The predicted octanol–water partition coefficient (Wildman–Crippen LogP) is 0.510. The van der Waals surface area contributed by atoms with Gasteiger partial charge in [-0.2, -0.15) is 4.31 Å². The summed E-state index contributed by atoms with van der Waals surface area (Å²) < 4.78 is 30.1. The highest BCUT2D eigenvalue weighted by molar-refractivity contribution is 7.89. The number of aliphatic carboxylic acids is 1. The van der Waals surface area contributed by atoms with Crippen LogP contribution in [0.3, 0.4) is 0 Å². The highest BCUT2D eigenvalue weighted by Gasteiger charge is 2.20. The van der Waals surface area contributed by atoms with Crippen LogP contribution in [0.5, 0.6) is 5.75 Å². The van der Waals surface area contributed by atoms with E-state index in [0.29, 0.717) is 13.0 Å². The summed E-state index contributed by atoms with van der Waals surface area (Å²) in [6.07, 6.45) is 1.20. The van der Waals surface area contributed by atoms with Crippen molar-refractivity contribution in [2.75, 3.05) is 26.0 Å². The average molecular weight is 299 g/mol. The van der Waals surface area contributed by atoms with Crippen LogP contribution < -0.4 is 4.74 Å². The Kier molecular flexibility index (Phi) is 4.29. The number of aryl methyl sites for hydroxylation is 1. The van der Waals surface area contributed by atoms with Crippen LogP contribution >= 0.6 is 0 Å². The van der Waals surface area contributed by atoms with Crippen molar-refractivity contribution >= 4 is 16.0 Å². The number of sulfonamides is 1. The summed E-state index contributed by atoms with van der Waals surface area (Å²) in [6, 6.07) is 5.65. The first kappa shape index (κ1) is 14.8. The smallest absolute Gasteiger partial charge is 0.318 e. The number of rotatable bonds is 6.